The molecule has 0 radical (unpaired) electrons. The second-order valence-electron chi connectivity index (χ2n) is 5.20. The summed E-state index contributed by atoms with van der Waals surface area (Å²) in [6, 6.07) is 5.73. The number of halogens is 1. The third-order valence-electron chi connectivity index (χ3n) is 3.00. The molecule has 0 fully saturated rings. The molecule has 2 aromatic rings. The van der Waals surface area contributed by atoms with Gasteiger partial charge in [0.2, 0.25) is 0 Å². The Hall–Kier alpha value is -1.10. The summed E-state index contributed by atoms with van der Waals surface area (Å²) in [6.07, 6.45) is 2.89. The van der Waals surface area contributed by atoms with Crippen LogP contribution in [0.25, 0.3) is 0 Å². The Morgan fingerprint density at radius 1 is 1.43 bits per heavy atom. The lowest BCUT2D eigenvalue weighted by Gasteiger charge is -2.13. The molecule has 0 spiro atoms. The molecule has 3 nitrogen and oxygen atoms in total. The molecule has 1 atom stereocenters. The van der Waals surface area contributed by atoms with Crippen LogP contribution in [0.2, 0.25) is 5.02 Å². The second kappa shape index (κ2) is 7.78. The number of aryl methyl sites for hydroxylation is 1. The fourth-order valence-corrected chi connectivity index (χ4v) is 3.17. The minimum Gasteiger partial charge on any atom is -0.487 e. The summed E-state index contributed by atoms with van der Waals surface area (Å²) in [5.41, 5.74) is 7.90. The van der Waals surface area contributed by atoms with Crippen LogP contribution in [0, 0.1) is 0 Å². The number of thiazole rings is 1. The molecule has 0 saturated heterocycles. The van der Waals surface area contributed by atoms with Crippen molar-refractivity contribution in [1.29, 1.82) is 0 Å². The Labute approximate surface area is 135 Å². The van der Waals surface area contributed by atoms with Crippen molar-refractivity contribution >= 4 is 22.9 Å². The predicted octanol–water partition coefficient (Wildman–Crippen LogP) is 4.22. The van der Waals surface area contributed by atoms with E-state index in [0.29, 0.717) is 11.6 Å². The largest absolute Gasteiger partial charge is 0.487 e. The second-order valence-corrected chi connectivity index (χ2v) is 6.58. The van der Waals surface area contributed by atoms with Crippen LogP contribution < -0.4 is 10.5 Å². The van der Waals surface area contributed by atoms with Crippen molar-refractivity contribution in [2.24, 2.45) is 5.73 Å². The zero-order valence-corrected chi connectivity index (χ0v) is 14.0. The van der Waals surface area contributed by atoms with E-state index in [0.717, 1.165) is 36.3 Å². The van der Waals surface area contributed by atoms with Crippen LogP contribution in [-0.2, 0) is 19.4 Å². The monoisotopic (exact) mass is 324 g/mol. The van der Waals surface area contributed by atoms with Gasteiger partial charge >= 0.3 is 0 Å². The molecule has 114 valence electrons. The van der Waals surface area contributed by atoms with E-state index in [9.17, 15) is 0 Å². The van der Waals surface area contributed by atoms with Gasteiger partial charge in [0.25, 0.3) is 0 Å². The normalized spacial score (nSPS) is 12.4. The van der Waals surface area contributed by atoms with Crippen molar-refractivity contribution < 1.29 is 4.74 Å². The maximum Gasteiger partial charge on any atom is 0.131 e. The highest BCUT2D eigenvalue weighted by molar-refractivity contribution is 7.09. The van der Waals surface area contributed by atoms with E-state index in [4.69, 9.17) is 22.1 Å². The van der Waals surface area contributed by atoms with Gasteiger partial charge in [0.15, 0.2) is 0 Å². The molecule has 21 heavy (non-hydrogen) atoms. The topological polar surface area (TPSA) is 48.1 Å². The van der Waals surface area contributed by atoms with Gasteiger partial charge in [-0.15, -0.1) is 11.3 Å². The van der Waals surface area contributed by atoms with Gasteiger partial charge in [0.05, 0.1) is 10.7 Å². The van der Waals surface area contributed by atoms with Crippen LogP contribution in [0.1, 0.15) is 36.5 Å². The van der Waals surface area contributed by atoms with E-state index < -0.39 is 0 Å². The first kappa shape index (κ1) is 16.3. The first-order valence-corrected chi connectivity index (χ1v) is 8.44. The van der Waals surface area contributed by atoms with Crippen molar-refractivity contribution in [3.05, 3.63) is 44.9 Å². The number of benzene rings is 1. The minimum atomic E-state index is 0.0706. The van der Waals surface area contributed by atoms with E-state index in [1.54, 1.807) is 11.3 Å². The number of hydrogen-bond acceptors (Lipinski definition) is 4. The average Bonchev–Trinajstić information content (AvgIpc) is 2.85. The summed E-state index contributed by atoms with van der Waals surface area (Å²) in [5, 5.41) is 3.94. The molecular weight excluding hydrogens is 304 g/mol. The van der Waals surface area contributed by atoms with Crippen LogP contribution in [0.4, 0.5) is 0 Å². The zero-order valence-electron chi connectivity index (χ0n) is 12.4. The van der Waals surface area contributed by atoms with Crippen LogP contribution in [-0.4, -0.2) is 11.0 Å². The van der Waals surface area contributed by atoms with Crippen molar-refractivity contribution in [3.8, 4) is 5.75 Å². The van der Waals surface area contributed by atoms with Crippen LogP contribution in [0.15, 0.2) is 23.6 Å². The Bertz CT molecular complexity index is 583. The van der Waals surface area contributed by atoms with Gasteiger partial charge in [-0.25, -0.2) is 4.98 Å². The molecule has 1 unspecified atom stereocenters. The maximum absolute atomic E-state index is 6.05. The third-order valence-corrected chi connectivity index (χ3v) is 4.20. The van der Waals surface area contributed by atoms with Gasteiger partial charge in [0, 0.05) is 16.4 Å². The number of nitrogens with two attached hydrogens (primary N) is 1. The van der Waals surface area contributed by atoms with E-state index in [-0.39, 0.29) is 6.04 Å². The quantitative estimate of drug-likeness (QED) is 0.829. The first-order valence-electron chi connectivity index (χ1n) is 7.18. The lowest BCUT2D eigenvalue weighted by molar-refractivity contribution is 0.298. The van der Waals surface area contributed by atoms with Crippen molar-refractivity contribution in [2.75, 3.05) is 0 Å². The van der Waals surface area contributed by atoms with Gasteiger partial charge in [-0.1, -0.05) is 18.5 Å². The molecule has 5 heteroatoms. The molecule has 1 aromatic heterocycles. The van der Waals surface area contributed by atoms with Crippen LogP contribution in [0.5, 0.6) is 5.75 Å². The molecular formula is C16H21ClN2OS. The fourth-order valence-electron chi connectivity index (χ4n) is 2.09. The summed E-state index contributed by atoms with van der Waals surface area (Å²) in [4.78, 5) is 4.57. The zero-order chi connectivity index (χ0) is 15.2. The molecule has 0 aliphatic heterocycles. The molecule has 0 saturated carbocycles. The maximum atomic E-state index is 6.05. The highest BCUT2D eigenvalue weighted by Crippen LogP contribution is 2.25. The molecule has 1 heterocycles. The fraction of sp³-hybridized carbons (Fsp3) is 0.438. The molecule has 2 N–H and O–H groups in total. The minimum absolute atomic E-state index is 0.0706. The van der Waals surface area contributed by atoms with E-state index >= 15 is 0 Å². The summed E-state index contributed by atoms with van der Waals surface area (Å²) in [6.45, 7) is 4.61. The number of hydrogen-bond donors (Lipinski definition) is 1. The summed E-state index contributed by atoms with van der Waals surface area (Å²) in [5.74, 6) is 0.835. The van der Waals surface area contributed by atoms with E-state index in [1.807, 2.05) is 25.1 Å². The standard InChI is InChI=1S/C16H21ClN2OS/c1-3-4-16-19-14(10-21-16)9-20-15-6-5-13(17)8-12(15)7-11(2)18/h5-6,8,10-11H,3-4,7,9,18H2,1-2H3. The number of rotatable bonds is 7. The van der Waals surface area contributed by atoms with Gasteiger partial charge in [0.1, 0.15) is 12.4 Å². The number of nitrogens with zero attached hydrogens (tertiary/aromatic N) is 1. The Balaban J connectivity index is 2.04. The van der Waals surface area contributed by atoms with Crippen molar-refractivity contribution in [3.63, 3.8) is 0 Å². The van der Waals surface area contributed by atoms with Crippen LogP contribution in [0.3, 0.4) is 0 Å². The highest BCUT2D eigenvalue weighted by Gasteiger charge is 2.09. The summed E-state index contributed by atoms with van der Waals surface area (Å²) in [7, 11) is 0. The molecule has 2 rings (SSSR count). The predicted molar refractivity (Wildman–Crippen MR) is 89.2 cm³/mol. The van der Waals surface area contributed by atoms with Gasteiger partial charge in [-0.05, 0) is 49.9 Å². The Morgan fingerprint density at radius 2 is 2.24 bits per heavy atom. The highest BCUT2D eigenvalue weighted by atomic mass is 35.5. The molecule has 0 bridgehead atoms. The Kier molecular flexibility index (Phi) is 6.03. The summed E-state index contributed by atoms with van der Waals surface area (Å²) >= 11 is 7.74. The van der Waals surface area contributed by atoms with E-state index in [2.05, 4.69) is 17.3 Å². The number of aromatic nitrogens is 1. The van der Waals surface area contributed by atoms with Crippen LogP contribution >= 0.6 is 22.9 Å². The molecule has 0 amide bonds. The molecule has 1 aromatic carbocycles. The summed E-state index contributed by atoms with van der Waals surface area (Å²) < 4.78 is 5.90. The molecule has 0 aliphatic carbocycles. The first-order chi connectivity index (χ1) is 10.1. The van der Waals surface area contributed by atoms with Crippen molar-refractivity contribution in [1.82, 2.24) is 4.98 Å². The van der Waals surface area contributed by atoms with Gasteiger partial charge in [-0.3, -0.25) is 0 Å². The average molecular weight is 325 g/mol. The van der Waals surface area contributed by atoms with Crippen molar-refractivity contribution in [2.45, 2.75) is 45.8 Å². The third kappa shape index (κ3) is 4.99. The lowest BCUT2D eigenvalue weighted by atomic mass is 10.1. The lowest BCUT2D eigenvalue weighted by Crippen LogP contribution is -2.18. The number of ether oxygens (including phenoxy) is 1. The van der Waals surface area contributed by atoms with Gasteiger partial charge < -0.3 is 10.5 Å². The Morgan fingerprint density at radius 3 is 2.95 bits per heavy atom. The SMILES string of the molecule is CCCc1nc(COc2ccc(Cl)cc2CC(C)N)cs1. The van der Waals surface area contributed by atoms with Gasteiger partial charge in [-0.2, -0.15) is 0 Å². The molecule has 0 aliphatic rings. The smallest absolute Gasteiger partial charge is 0.131 e. The van der Waals surface area contributed by atoms with E-state index in [1.165, 1.54) is 5.01 Å².